The lowest BCUT2D eigenvalue weighted by atomic mass is 10.0. The molecule has 0 bridgehead atoms. The standard InChI is InChI=1S/C32H39N3O7S/c1-5-23(3)33-32(37)28(18-24-11-8-7-9-12-24)34(20-25-13-10-14-27(17-25)40-4)31(36)21-35(43(38,39)6-2)26-15-16-29-30(19-26)42-22-41-29/h7-17,19,23,28H,5-6,18,20-22H2,1-4H3,(H,33,37). The van der Waals surface area contributed by atoms with Crippen LogP contribution in [0.5, 0.6) is 17.2 Å². The molecule has 3 aromatic rings. The number of anilines is 1. The lowest BCUT2D eigenvalue weighted by molar-refractivity contribution is -0.140. The fraction of sp³-hybridized carbons (Fsp3) is 0.375. The average molecular weight is 610 g/mol. The summed E-state index contributed by atoms with van der Waals surface area (Å²) in [4.78, 5) is 29.6. The Morgan fingerprint density at radius 1 is 0.953 bits per heavy atom. The van der Waals surface area contributed by atoms with Crippen molar-refractivity contribution in [2.75, 3.05) is 30.5 Å². The predicted octanol–water partition coefficient (Wildman–Crippen LogP) is 4.13. The van der Waals surface area contributed by atoms with E-state index in [1.807, 2.05) is 56.3 Å². The highest BCUT2D eigenvalue weighted by Gasteiger charge is 2.34. The molecular weight excluding hydrogens is 570 g/mol. The van der Waals surface area contributed by atoms with Crippen molar-refractivity contribution in [1.29, 1.82) is 0 Å². The van der Waals surface area contributed by atoms with E-state index in [1.165, 1.54) is 11.8 Å². The number of amides is 2. The number of ether oxygens (including phenoxy) is 3. The van der Waals surface area contributed by atoms with Crippen molar-refractivity contribution in [3.8, 4) is 17.2 Å². The Hall–Kier alpha value is -4.25. The summed E-state index contributed by atoms with van der Waals surface area (Å²) in [6.07, 6.45) is 0.948. The van der Waals surface area contributed by atoms with Crippen molar-refractivity contribution >= 4 is 27.5 Å². The first-order chi connectivity index (χ1) is 20.6. The van der Waals surface area contributed by atoms with Gasteiger partial charge in [-0.25, -0.2) is 8.42 Å². The van der Waals surface area contributed by atoms with Crippen molar-refractivity contribution in [3.05, 3.63) is 83.9 Å². The van der Waals surface area contributed by atoms with Crippen molar-refractivity contribution in [1.82, 2.24) is 10.2 Å². The molecule has 0 fully saturated rings. The van der Waals surface area contributed by atoms with Gasteiger partial charge in [0.2, 0.25) is 28.6 Å². The van der Waals surface area contributed by atoms with Gasteiger partial charge >= 0.3 is 0 Å². The topological polar surface area (TPSA) is 114 Å². The van der Waals surface area contributed by atoms with Gasteiger partial charge in [-0.15, -0.1) is 0 Å². The zero-order valence-electron chi connectivity index (χ0n) is 25.0. The van der Waals surface area contributed by atoms with Gasteiger partial charge in [0.1, 0.15) is 18.3 Å². The van der Waals surface area contributed by atoms with Crippen LogP contribution in [0.1, 0.15) is 38.3 Å². The molecule has 1 aliphatic rings. The molecule has 0 aromatic heterocycles. The van der Waals surface area contributed by atoms with Crippen LogP contribution in [0.15, 0.2) is 72.8 Å². The first-order valence-electron chi connectivity index (χ1n) is 14.3. The molecule has 2 atom stereocenters. The van der Waals surface area contributed by atoms with Crippen LogP contribution >= 0.6 is 0 Å². The summed E-state index contributed by atoms with van der Waals surface area (Å²) in [5.74, 6) is 0.411. The SMILES string of the molecule is CCC(C)NC(=O)C(Cc1ccccc1)N(Cc1cccc(OC)c1)C(=O)CN(c1ccc2c(c1)OCO2)S(=O)(=O)CC. The summed E-state index contributed by atoms with van der Waals surface area (Å²) in [5.41, 5.74) is 1.86. The van der Waals surface area contributed by atoms with Gasteiger partial charge in [-0.1, -0.05) is 49.4 Å². The molecule has 1 heterocycles. The molecule has 1 N–H and O–H groups in total. The van der Waals surface area contributed by atoms with E-state index in [9.17, 15) is 18.0 Å². The van der Waals surface area contributed by atoms with Crippen LogP contribution in [-0.2, 0) is 32.6 Å². The molecule has 0 saturated carbocycles. The maximum atomic E-state index is 14.3. The summed E-state index contributed by atoms with van der Waals surface area (Å²) < 4.78 is 44.1. The van der Waals surface area contributed by atoms with E-state index < -0.39 is 28.5 Å². The molecule has 2 unspecified atom stereocenters. The third kappa shape index (κ3) is 7.98. The minimum absolute atomic E-state index is 0.0268. The molecule has 1 aliphatic heterocycles. The Morgan fingerprint density at radius 2 is 1.67 bits per heavy atom. The summed E-state index contributed by atoms with van der Waals surface area (Å²) in [6, 6.07) is 20.4. The van der Waals surface area contributed by atoms with Crippen LogP contribution in [0.25, 0.3) is 0 Å². The van der Waals surface area contributed by atoms with Crippen LogP contribution in [-0.4, -0.2) is 63.4 Å². The summed E-state index contributed by atoms with van der Waals surface area (Å²) >= 11 is 0. The maximum Gasteiger partial charge on any atom is 0.244 e. The van der Waals surface area contributed by atoms with Crippen LogP contribution in [0.3, 0.4) is 0 Å². The Kier molecular flexibility index (Phi) is 10.5. The fourth-order valence-corrected chi connectivity index (χ4v) is 5.78. The number of nitrogens with zero attached hydrogens (tertiary/aromatic N) is 2. The molecule has 11 heteroatoms. The monoisotopic (exact) mass is 609 g/mol. The molecule has 3 aromatic carbocycles. The molecule has 43 heavy (non-hydrogen) atoms. The van der Waals surface area contributed by atoms with E-state index in [0.717, 1.165) is 15.4 Å². The van der Waals surface area contributed by atoms with Crippen molar-refractivity contribution < 1.29 is 32.2 Å². The van der Waals surface area contributed by atoms with E-state index in [0.29, 0.717) is 23.7 Å². The van der Waals surface area contributed by atoms with Gasteiger partial charge in [-0.2, -0.15) is 0 Å². The Labute approximate surface area is 253 Å². The maximum absolute atomic E-state index is 14.3. The van der Waals surface area contributed by atoms with Crippen LogP contribution < -0.4 is 23.8 Å². The number of rotatable bonds is 14. The van der Waals surface area contributed by atoms with E-state index in [4.69, 9.17) is 14.2 Å². The zero-order chi connectivity index (χ0) is 31.0. The molecule has 230 valence electrons. The largest absolute Gasteiger partial charge is 0.497 e. The third-order valence-corrected chi connectivity index (χ3v) is 9.12. The number of fused-ring (bicyclic) bond motifs is 1. The highest BCUT2D eigenvalue weighted by Crippen LogP contribution is 2.36. The summed E-state index contributed by atoms with van der Waals surface area (Å²) in [7, 11) is -2.35. The molecule has 2 amide bonds. The Balaban J connectivity index is 1.76. The first kappa shape index (κ1) is 31.7. The van der Waals surface area contributed by atoms with Crippen LogP contribution in [0, 0.1) is 0 Å². The highest BCUT2D eigenvalue weighted by molar-refractivity contribution is 7.92. The van der Waals surface area contributed by atoms with Crippen molar-refractivity contribution in [2.24, 2.45) is 0 Å². The molecule has 0 radical (unpaired) electrons. The second-order valence-corrected chi connectivity index (χ2v) is 12.5. The van der Waals surface area contributed by atoms with Gasteiger partial charge in [0, 0.05) is 25.1 Å². The van der Waals surface area contributed by atoms with Crippen molar-refractivity contribution in [3.63, 3.8) is 0 Å². The lowest BCUT2D eigenvalue weighted by Gasteiger charge is -2.34. The van der Waals surface area contributed by atoms with Gasteiger partial charge in [0.05, 0.1) is 18.6 Å². The van der Waals surface area contributed by atoms with Gasteiger partial charge in [-0.3, -0.25) is 13.9 Å². The zero-order valence-corrected chi connectivity index (χ0v) is 25.8. The number of hydrogen-bond donors (Lipinski definition) is 1. The Bertz CT molecular complexity index is 1510. The number of hydrogen-bond acceptors (Lipinski definition) is 7. The highest BCUT2D eigenvalue weighted by atomic mass is 32.2. The fourth-order valence-electron chi connectivity index (χ4n) is 4.72. The summed E-state index contributed by atoms with van der Waals surface area (Å²) in [6.45, 7) is 4.96. The second-order valence-electron chi connectivity index (χ2n) is 10.3. The summed E-state index contributed by atoms with van der Waals surface area (Å²) in [5, 5.41) is 3.03. The first-order valence-corrected chi connectivity index (χ1v) is 15.9. The second kappa shape index (κ2) is 14.3. The molecule has 0 aliphatic carbocycles. The van der Waals surface area contributed by atoms with Gasteiger partial charge in [-0.05, 0) is 55.7 Å². The quantitative estimate of drug-likeness (QED) is 0.292. The molecular formula is C32H39N3O7S. The molecule has 0 saturated heterocycles. The molecule has 4 rings (SSSR count). The number of sulfonamides is 1. The van der Waals surface area contributed by atoms with Gasteiger partial charge in [0.25, 0.3) is 0 Å². The minimum Gasteiger partial charge on any atom is -0.497 e. The predicted molar refractivity (Wildman–Crippen MR) is 165 cm³/mol. The van der Waals surface area contributed by atoms with Crippen molar-refractivity contribution in [2.45, 2.75) is 52.2 Å². The van der Waals surface area contributed by atoms with Crippen LogP contribution in [0.4, 0.5) is 5.69 Å². The number of carbonyl (C=O) groups is 2. The molecule has 0 spiro atoms. The normalized spacial score (nSPS) is 13.6. The van der Waals surface area contributed by atoms with Gasteiger partial charge in [0.15, 0.2) is 11.5 Å². The Morgan fingerprint density at radius 3 is 2.37 bits per heavy atom. The van der Waals surface area contributed by atoms with Crippen LogP contribution in [0.2, 0.25) is 0 Å². The number of carbonyl (C=O) groups excluding carboxylic acids is 2. The number of methoxy groups -OCH3 is 1. The van der Waals surface area contributed by atoms with Gasteiger partial charge < -0.3 is 24.4 Å². The molecule has 10 nitrogen and oxygen atoms in total. The number of benzene rings is 3. The van der Waals surface area contributed by atoms with E-state index >= 15 is 0 Å². The minimum atomic E-state index is -3.90. The average Bonchev–Trinajstić information content (AvgIpc) is 3.50. The third-order valence-electron chi connectivity index (χ3n) is 7.38. The number of nitrogens with one attached hydrogen (secondary N) is 1. The van der Waals surface area contributed by atoms with E-state index in [2.05, 4.69) is 5.32 Å². The van der Waals surface area contributed by atoms with E-state index in [1.54, 1.807) is 37.4 Å². The van der Waals surface area contributed by atoms with E-state index in [-0.39, 0.29) is 43.1 Å². The smallest absolute Gasteiger partial charge is 0.244 e. The lowest BCUT2D eigenvalue weighted by Crippen LogP contribution is -2.54.